The van der Waals surface area contributed by atoms with Crippen molar-refractivity contribution < 1.29 is 9.53 Å². The van der Waals surface area contributed by atoms with E-state index in [0.29, 0.717) is 13.1 Å². The van der Waals surface area contributed by atoms with Crippen molar-refractivity contribution in [2.24, 2.45) is 0 Å². The van der Waals surface area contributed by atoms with Gasteiger partial charge in [0.1, 0.15) is 9.80 Å². The fourth-order valence-electron chi connectivity index (χ4n) is 1.94. The van der Waals surface area contributed by atoms with Crippen molar-refractivity contribution in [1.29, 1.82) is 0 Å². The molecule has 1 saturated heterocycles. The number of hydrogen-bond acceptors (Lipinski definition) is 4. The molecule has 1 aromatic heterocycles. The molecule has 2 heterocycles. The molecule has 0 aromatic carbocycles. The van der Waals surface area contributed by atoms with Crippen molar-refractivity contribution in [3.05, 3.63) is 9.90 Å². The van der Waals surface area contributed by atoms with E-state index in [1.807, 2.05) is 4.68 Å². The van der Waals surface area contributed by atoms with Crippen LogP contribution in [0.15, 0.2) is 6.20 Å². The van der Waals surface area contributed by atoms with Gasteiger partial charge in [0.15, 0.2) is 0 Å². The molecule has 1 saturated carbocycles. The number of aromatic nitrogens is 3. The van der Waals surface area contributed by atoms with Gasteiger partial charge in [-0.25, -0.2) is 9.48 Å². The highest BCUT2D eigenvalue weighted by molar-refractivity contribution is 14.1. The normalized spacial score (nSPS) is 20.9. The second kappa shape index (κ2) is 4.43. The number of ether oxygens (including phenoxy) is 1. The second-order valence-electron chi connectivity index (χ2n) is 4.50. The van der Waals surface area contributed by atoms with E-state index in [1.54, 1.807) is 11.1 Å². The Kier molecular flexibility index (Phi) is 2.93. The molecule has 2 fully saturated rings. The van der Waals surface area contributed by atoms with Crippen molar-refractivity contribution in [3.8, 4) is 0 Å². The summed E-state index contributed by atoms with van der Waals surface area (Å²) in [5.74, 6) is 0. The van der Waals surface area contributed by atoms with Crippen LogP contribution in [0.4, 0.5) is 4.79 Å². The lowest BCUT2D eigenvalue weighted by atomic mass is 9.96. The van der Waals surface area contributed by atoms with Crippen LogP contribution in [0.2, 0.25) is 0 Å². The van der Waals surface area contributed by atoms with E-state index in [-0.39, 0.29) is 18.2 Å². The second-order valence-corrected chi connectivity index (χ2v) is 5.60. The van der Waals surface area contributed by atoms with Crippen LogP contribution in [0.25, 0.3) is 0 Å². The molecular weight excluding hydrogens is 335 g/mol. The van der Waals surface area contributed by atoms with Crippen LogP contribution < -0.4 is 0 Å². The molecule has 0 N–H and O–H groups in total. The summed E-state index contributed by atoms with van der Waals surface area (Å²) in [5.41, 5.74) is 0. The average Bonchev–Trinajstić information content (AvgIpc) is 2.57. The first-order valence-electron chi connectivity index (χ1n) is 5.75. The van der Waals surface area contributed by atoms with Crippen LogP contribution in [0.5, 0.6) is 0 Å². The van der Waals surface area contributed by atoms with Gasteiger partial charge in [0.05, 0.1) is 12.2 Å². The number of halogens is 1. The molecule has 3 rings (SSSR count). The van der Waals surface area contributed by atoms with E-state index < -0.39 is 0 Å². The molecule has 1 amide bonds. The fourth-order valence-corrected chi connectivity index (χ4v) is 2.56. The van der Waals surface area contributed by atoms with E-state index >= 15 is 0 Å². The van der Waals surface area contributed by atoms with Gasteiger partial charge < -0.3 is 9.64 Å². The third-order valence-electron chi connectivity index (χ3n) is 3.32. The van der Waals surface area contributed by atoms with Crippen molar-refractivity contribution in [2.45, 2.75) is 31.4 Å². The van der Waals surface area contributed by atoms with Crippen molar-refractivity contribution in [1.82, 2.24) is 19.9 Å². The minimum absolute atomic E-state index is 0.160. The lowest BCUT2D eigenvalue weighted by Crippen LogP contribution is -2.52. The van der Waals surface area contributed by atoms with Gasteiger partial charge >= 0.3 is 6.09 Å². The summed E-state index contributed by atoms with van der Waals surface area (Å²) >= 11 is 2.19. The van der Waals surface area contributed by atoms with Crippen molar-refractivity contribution in [2.75, 3.05) is 13.1 Å². The van der Waals surface area contributed by atoms with Gasteiger partial charge in [-0.2, -0.15) is 0 Å². The van der Waals surface area contributed by atoms with Crippen LogP contribution in [0.3, 0.4) is 0 Å². The van der Waals surface area contributed by atoms with E-state index in [1.165, 1.54) is 6.42 Å². The maximum atomic E-state index is 11.7. The van der Waals surface area contributed by atoms with Crippen LogP contribution in [-0.4, -0.2) is 45.2 Å². The van der Waals surface area contributed by atoms with Gasteiger partial charge in [0, 0.05) is 13.1 Å². The number of hydrogen-bond donors (Lipinski definition) is 0. The van der Waals surface area contributed by atoms with Gasteiger partial charge in [-0.05, 0) is 41.9 Å². The Hall–Kier alpha value is -0.860. The molecule has 17 heavy (non-hydrogen) atoms. The average molecular weight is 348 g/mol. The molecular formula is C10H13IN4O2. The lowest BCUT2D eigenvalue weighted by molar-refractivity contribution is 0.00187. The fraction of sp³-hybridized carbons (Fsp3) is 0.700. The standard InChI is InChI=1S/C10H13IN4O2/c11-9-4-12-13-15(9)7-5-14(6-7)10(16)17-8-2-1-3-8/h4,7-8H,1-3,5-6H2. The topological polar surface area (TPSA) is 60.2 Å². The van der Waals surface area contributed by atoms with Gasteiger partial charge in [-0.15, -0.1) is 5.10 Å². The molecule has 6 nitrogen and oxygen atoms in total. The number of rotatable bonds is 2. The summed E-state index contributed by atoms with van der Waals surface area (Å²) in [6.45, 7) is 1.34. The number of likely N-dealkylation sites (tertiary alicyclic amines) is 1. The summed E-state index contributed by atoms with van der Waals surface area (Å²) in [6, 6.07) is 0.248. The smallest absolute Gasteiger partial charge is 0.410 e. The summed E-state index contributed by atoms with van der Waals surface area (Å²) in [4.78, 5) is 13.4. The maximum absolute atomic E-state index is 11.7. The van der Waals surface area contributed by atoms with E-state index in [0.717, 1.165) is 16.5 Å². The molecule has 1 aliphatic carbocycles. The number of carbonyl (C=O) groups excluding carboxylic acids is 1. The summed E-state index contributed by atoms with van der Waals surface area (Å²) in [6.07, 6.45) is 4.91. The van der Waals surface area contributed by atoms with E-state index in [4.69, 9.17) is 4.74 Å². The third kappa shape index (κ3) is 2.12. The van der Waals surface area contributed by atoms with Crippen molar-refractivity contribution >= 4 is 28.7 Å². The summed E-state index contributed by atoms with van der Waals surface area (Å²) in [7, 11) is 0. The number of amides is 1. The van der Waals surface area contributed by atoms with E-state index in [9.17, 15) is 4.79 Å². The lowest BCUT2D eigenvalue weighted by Gasteiger charge is -2.39. The van der Waals surface area contributed by atoms with E-state index in [2.05, 4.69) is 32.9 Å². The van der Waals surface area contributed by atoms with Crippen LogP contribution >= 0.6 is 22.6 Å². The highest BCUT2D eigenvalue weighted by Crippen LogP contribution is 2.26. The van der Waals surface area contributed by atoms with Crippen LogP contribution in [-0.2, 0) is 4.74 Å². The third-order valence-corrected chi connectivity index (χ3v) is 4.09. The number of carbonyl (C=O) groups is 1. The Morgan fingerprint density at radius 2 is 2.24 bits per heavy atom. The largest absolute Gasteiger partial charge is 0.446 e. The summed E-state index contributed by atoms with van der Waals surface area (Å²) < 4.78 is 8.18. The Morgan fingerprint density at radius 1 is 1.47 bits per heavy atom. The quantitative estimate of drug-likeness (QED) is 0.759. The minimum Gasteiger partial charge on any atom is -0.446 e. The molecule has 92 valence electrons. The van der Waals surface area contributed by atoms with Crippen LogP contribution in [0.1, 0.15) is 25.3 Å². The first-order valence-corrected chi connectivity index (χ1v) is 6.83. The Labute approximate surface area is 112 Å². The predicted molar refractivity (Wildman–Crippen MR) is 67.5 cm³/mol. The monoisotopic (exact) mass is 348 g/mol. The molecule has 0 atom stereocenters. The Balaban J connectivity index is 1.50. The van der Waals surface area contributed by atoms with Gasteiger partial charge in [-0.3, -0.25) is 0 Å². The predicted octanol–water partition coefficient (Wildman–Crippen LogP) is 1.43. The van der Waals surface area contributed by atoms with Crippen molar-refractivity contribution in [3.63, 3.8) is 0 Å². The first kappa shape index (κ1) is 11.2. The minimum atomic E-state index is -0.180. The molecule has 0 bridgehead atoms. The highest BCUT2D eigenvalue weighted by atomic mass is 127. The zero-order valence-corrected chi connectivity index (χ0v) is 11.4. The van der Waals surface area contributed by atoms with Gasteiger partial charge in [0.2, 0.25) is 0 Å². The zero-order chi connectivity index (χ0) is 11.8. The van der Waals surface area contributed by atoms with Gasteiger partial charge in [0.25, 0.3) is 0 Å². The number of nitrogens with zero attached hydrogens (tertiary/aromatic N) is 4. The van der Waals surface area contributed by atoms with Gasteiger partial charge in [-0.1, -0.05) is 5.21 Å². The SMILES string of the molecule is O=C(OC1CCC1)N1CC(n2nncc2I)C1. The highest BCUT2D eigenvalue weighted by Gasteiger charge is 2.36. The molecule has 2 aliphatic rings. The Bertz CT molecular complexity index is 426. The molecule has 0 unspecified atom stereocenters. The molecule has 1 aromatic rings. The summed E-state index contributed by atoms with van der Waals surface area (Å²) in [5, 5.41) is 7.84. The maximum Gasteiger partial charge on any atom is 0.410 e. The molecule has 1 aliphatic heterocycles. The zero-order valence-electron chi connectivity index (χ0n) is 9.25. The molecule has 7 heteroatoms. The first-order chi connectivity index (χ1) is 8.24. The van der Waals surface area contributed by atoms with Crippen LogP contribution in [0, 0.1) is 3.70 Å². The molecule has 0 radical (unpaired) electrons. The Morgan fingerprint density at radius 3 is 2.76 bits per heavy atom. The molecule has 0 spiro atoms.